The summed E-state index contributed by atoms with van der Waals surface area (Å²) in [4.78, 5) is 29.0. The number of carbonyl (C=O) groups excluding carboxylic acids is 1. The van der Waals surface area contributed by atoms with Crippen molar-refractivity contribution in [2.24, 2.45) is 11.7 Å². The maximum Gasteiger partial charge on any atom is 0.406 e. The number of amides is 1. The molecule has 12 heteroatoms. The second-order valence-corrected chi connectivity index (χ2v) is 10.3. The molecule has 212 valence electrons. The van der Waals surface area contributed by atoms with Crippen LogP contribution in [0.15, 0.2) is 55.5 Å². The molecule has 1 saturated heterocycles. The van der Waals surface area contributed by atoms with Gasteiger partial charge in [0.15, 0.2) is 5.75 Å². The average molecular weight is 587 g/mol. The number of methoxy groups -OCH3 is 1. The minimum atomic E-state index is -0.394. The molecule has 3 heterocycles. The fourth-order valence-electron chi connectivity index (χ4n) is 4.50. The Balaban J connectivity index is 1.52. The second-order valence-electron chi connectivity index (χ2n) is 9.43. The maximum atomic E-state index is 11.4. The summed E-state index contributed by atoms with van der Waals surface area (Å²) in [5, 5.41) is 3.84. The highest BCUT2D eigenvalue weighted by molar-refractivity contribution is 6.35. The lowest BCUT2D eigenvalue weighted by Crippen LogP contribution is -2.38. The van der Waals surface area contributed by atoms with Gasteiger partial charge in [0, 0.05) is 47.9 Å². The van der Waals surface area contributed by atoms with Crippen molar-refractivity contribution in [1.82, 2.24) is 25.2 Å². The van der Waals surface area contributed by atoms with Crippen LogP contribution in [0.2, 0.25) is 10.0 Å². The Morgan fingerprint density at radius 2 is 1.88 bits per heavy atom. The highest BCUT2D eigenvalue weighted by Gasteiger charge is 2.21. The minimum Gasteiger partial charge on any atom is -0.453 e. The largest absolute Gasteiger partial charge is 0.453 e. The maximum absolute atomic E-state index is 11.4. The summed E-state index contributed by atoms with van der Waals surface area (Å²) in [6.07, 6.45) is 6.37. The Morgan fingerprint density at radius 3 is 2.50 bits per heavy atom. The van der Waals surface area contributed by atoms with E-state index in [-0.39, 0.29) is 0 Å². The Kier molecular flexibility index (Phi) is 10.5. The van der Waals surface area contributed by atoms with Gasteiger partial charge < -0.3 is 25.4 Å². The number of nitrogens with two attached hydrogens (primary N) is 1. The first-order valence-corrected chi connectivity index (χ1v) is 13.7. The van der Waals surface area contributed by atoms with Crippen molar-refractivity contribution >= 4 is 35.2 Å². The number of nitrogens with zero attached hydrogens (tertiary/aromatic N) is 5. The molecule has 1 aliphatic heterocycles. The zero-order chi connectivity index (χ0) is 28.5. The number of alkyl carbamates (subject to hydrolysis) is 1. The molecule has 1 amide bonds. The summed E-state index contributed by atoms with van der Waals surface area (Å²) in [6, 6.07) is 9.26. The van der Waals surface area contributed by atoms with Crippen LogP contribution in [0.25, 0.3) is 11.3 Å². The van der Waals surface area contributed by atoms with Crippen molar-refractivity contribution < 1.29 is 14.3 Å². The second kappa shape index (κ2) is 14.3. The van der Waals surface area contributed by atoms with Gasteiger partial charge in [-0.25, -0.2) is 19.7 Å². The first-order chi connectivity index (χ1) is 19.4. The Morgan fingerprint density at radius 1 is 1.18 bits per heavy atom. The number of hydrogen-bond donors (Lipinski definition) is 2. The highest BCUT2D eigenvalue weighted by Crippen LogP contribution is 2.31. The predicted octanol–water partition coefficient (Wildman–Crippen LogP) is 5.11. The first kappa shape index (κ1) is 29.5. The summed E-state index contributed by atoms with van der Waals surface area (Å²) in [6.45, 7) is 7.92. The van der Waals surface area contributed by atoms with E-state index < -0.39 is 6.09 Å². The summed E-state index contributed by atoms with van der Waals surface area (Å²) in [7, 11) is 1.37. The van der Waals surface area contributed by atoms with E-state index in [1.54, 1.807) is 29.6 Å². The predicted molar refractivity (Wildman–Crippen MR) is 157 cm³/mol. The van der Waals surface area contributed by atoms with Crippen molar-refractivity contribution in [3.63, 3.8) is 0 Å². The number of pyridine rings is 1. The third-order valence-electron chi connectivity index (χ3n) is 6.54. The lowest BCUT2D eigenvalue weighted by molar-refractivity contribution is 0.155. The highest BCUT2D eigenvalue weighted by atomic mass is 35.5. The molecular weight excluding hydrogens is 553 g/mol. The molecule has 1 aromatic carbocycles. The van der Waals surface area contributed by atoms with Gasteiger partial charge in [-0.05, 0) is 67.9 Å². The number of anilines is 1. The van der Waals surface area contributed by atoms with Gasteiger partial charge in [-0.3, -0.25) is 4.90 Å². The molecule has 3 N–H and O–H groups in total. The van der Waals surface area contributed by atoms with E-state index in [9.17, 15) is 4.79 Å². The van der Waals surface area contributed by atoms with Gasteiger partial charge in [0.2, 0.25) is 11.8 Å². The lowest BCUT2D eigenvalue weighted by Gasteiger charge is -2.32. The van der Waals surface area contributed by atoms with E-state index >= 15 is 0 Å². The number of halogens is 2. The van der Waals surface area contributed by atoms with Crippen LogP contribution >= 0.6 is 23.2 Å². The summed E-state index contributed by atoms with van der Waals surface area (Å²) in [5.74, 6) is 1.74. The van der Waals surface area contributed by atoms with Crippen molar-refractivity contribution in [2.75, 3.05) is 44.7 Å². The van der Waals surface area contributed by atoms with Crippen molar-refractivity contribution in [2.45, 2.75) is 19.4 Å². The fraction of sp³-hybridized carbons (Fsp3) is 0.357. The molecule has 1 fully saturated rings. The minimum absolute atomic E-state index is 0.394. The van der Waals surface area contributed by atoms with Crippen molar-refractivity contribution in [3.8, 4) is 22.9 Å². The Labute approximate surface area is 244 Å². The van der Waals surface area contributed by atoms with Gasteiger partial charge in [0.25, 0.3) is 0 Å². The van der Waals surface area contributed by atoms with E-state index in [1.807, 2.05) is 24.3 Å². The molecule has 1 aliphatic rings. The molecule has 0 radical (unpaired) electrons. The third-order valence-corrected chi connectivity index (χ3v) is 6.97. The third kappa shape index (κ3) is 8.28. The summed E-state index contributed by atoms with van der Waals surface area (Å²) in [5.41, 5.74) is 8.15. The van der Waals surface area contributed by atoms with Crippen LogP contribution < -0.4 is 20.7 Å². The van der Waals surface area contributed by atoms with Gasteiger partial charge in [-0.1, -0.05) is 29.8 Å². The molecule has 0 aliphatic carbocycles. The number of likely N-dealkylation sites (tertiary alicyclic amines) is 1. The number of piperidine rings is 1. The van der Waals surface area contributed by atoms with Crippen LogP contribution in [0.3, 0.4) is 0 Å². The van der Waals surface area contributed by atoms with Gasteiger partial charge in [0.05, 0.1) is 25.2 Å². The van der Waals surface area contributed by atoms with Gasteiger partial charge in [-0.15, -0.1) is 0 Å². The van der Waals surface area contributed by atoms with Crippen LogP contribution in [-0.2, 0) is 11.3 Å². The molecule has 4 rings (SSSR count). The van der Waals surface area contributed by atoms with E-state index in [4.69, 9.17) is 38.7 Å². The van der Waals surface area contributed by atoms with Crippen LogP contribution in [-0.4, -0.2) is 65.8 Å². The van der Waals surface area contributed by atoms with Crippen molar-refractivity contribution in [1.29, 1.82) is 0 Å². The van der Waals surface area contributed by atoms with Crippen LogP contribution in [0.5, 0.6) is 11.6 Å². The zero-order valence-electron chi connectivity index (χ0n) is 22.4. The average Bonchev–Trinajstić information content (AvgIpc) is 2.95. The van der Waals surface area contributed by atoms with Crippen LogP contribution in [0, 0.1) is 5.92 Å². The lowest BCUT2D eigenvalue weighted by atomic mass is 9.96. The number of benzene rings is 1. The molecule has 3 aromatic rings. The van der Waals surface area contributed by atoms with E-state index in [0.717, 1.165) is 37.1 Å². The van der Waals surface area contributed by atoms with Gasteiger partial charge in [-0.2, -0.15) is 0 Å². The molecular formula is C28H33Cl2N7O3. The zero-order valence-corrected chi connectivity index (χ0v) is 23.9. The molecule has 0 atom stereocenters. The van der Waals surface area contributed by atoms with E-state index in [0.29, 0.717) is 65.4 Å². The number of ether oxygens (including phenoxy) is 2. The molecule has 2 aromatic heterocycles. The molecule has 0 spiro atoms. The van der Waals surface area contributed by atoms with Gasteiger partial charge in [0.1, 0.15) is 0 Å². The molecule has 0 unspecified atom stereocenters. The number of hydrogen-bond acceptors (Lipinski definition) is 9. The SMILES string of the molecule is C=CN(CCN)c1ncc(Oc2cc(CN3CCC(CNC(=O)OC)CC3)cc(-c3cc(Cl)cc(Cl)c3)n2)cn1. The standard InChI is InChI=1S/C28H33Cl2N7O3/c1-3-37(9-6-31)27-32-16-24(17-33-27)40-26-11-20(10-25(35-26)21-12-22(29)14-23(30)13-21)18-36-7-4-19(5-8-36)15-34-28(38)39-2/h3,10-14,16-17,19H,1,4-9,15,18,31H2,2H3,(H,34,38). The topological polar surface area (TPSA) is 119 Å². The Hall–Kier alpha value is -3.44. The quantitative estimate of drug-likeness (QED) is 0.316. The summed E-state index contributed by atoms with van der Waals surface area (Å²) >= 11 is 12.6. The van der Waals surface area contributed by atoms with Crippen LogP contribution in [0.1, 0.15) is 18.4 Å². The molecule has 0 saturated carbocycles. The smallest absolute Gasteiger partial charge is 0.406 e. The normalized spacial score (nSPS) is 14.0. The number of rotatable bonds is 11. The van der Waals surface area contributed by atoms with E-state index in [1.165, 1.54) is 7.11 Å². The van der Waals surface area contributed by atoms with Crippen molar-refractivity contribution in [3.05, 3.63) is 71.1 Å². The number of aromatic nitrogens is 3. The number of carbonyl (C=O) groups is 1. The monoisotopic (exact) mass is 585 g/mol. The Bertz CT molecular complexity index is 1280. The fourth-order valence-corrected chi connectivity index (χ4v) is 5.03. The van der Waals surface area contributed by atoms with Crippen LogP contribution in [0.4, 0.5) is 10.7 Å². The molecule has 40 heavy (non-hydrogen) atoms. The summed E-state index contributed by atoms with van der Waals surface area (Å²) < 4.78 is 10.8. The van der Waals surface area contributed by atoms with Gasteiger partial charge >= 0.3 is 6.09 Å². The number of nitrogens with one attached hydrogen (secondary N) is 1. The molecule has 10 nitrogen and oxygen atoms in total. The first-order valence-electron chi connectivity index (χ1n) is 13.0. The molecule has 0 bridgehead atoms. The van der Waals surface area contributed by atoms with E-state index in [2.05, 4.69) is 31.5 Å².